The highest BCUT2D eigenvalue weighted by Crippen LogP contribution is 2.33. The number of amides is 2. The van der Waals surface area contributed by atoms with Gasteiger partial charge in [-0.2, -0.15) is 0 Å². The maximum Gasteiger partial charge on any atom is 0.319 e. The van der Waals surface area contributed by atoms with Crippen LogP contribution in [0.5, 0.6) is 5.75 Å². The molecule has 2 amide bonds. The number of rotatable bonds is 6. The molecule has 0 saturated heterocycles. The molecule has 2 atom stereocenters. The summed E-state index contributed by atoms with van der Waals surface area (Å²) >= 11 is 1.36. The molecule has 0 fully saturated rings. The number of nitrogens with one attached hydrogen (secondary N) is 1. The summed E-state index contributed by atoms with van der Waals surface area (Å²) in [6.07, 6.45) is -0.831. The zero-order valence-corrected chi connectivity index (χ0v) is 17.0. The SMILES string of the molecule is CNC(=O)C1CN(C(=O)COC(=O)C(C)Sc2ccccc2)c2ccccc2O1. The molecule has 3 rings (SSSR count). The highest BCUT2D eigenvalue weighted by atomic mass is 32.2. The third-order valence-electron chi connectivity index (χ3n) is 4.34. The van der Waals surface area contributed by atoms with Gasteiger partial charge in [0.05, 0.1) is 12.2 Å². The number of benzene rings is 2. The molecule has 0 saturated carbocycles. The first kappa shape index (κ1) is 20.7. The second kappa shape index (κ2) is 9.47. The number of nitrogens with zero attached hydrogens (tertiary/aromatic N) is 1. The number of fused-ring (bicyclic) bond motifs is 1. The molecule has 0 bridgehead atoms. The van der Waals surface area contributed by atoms with E-state index in [-0.39, 0.29) is 12.5 Å². The van der Waals surface area contributed by atoms with Crippen LogP contribution in [0.2, 0.25) is 0 Å². The summed E-state index contributed by atoms with van der Waals surface area (Å²) < 4.78 is 10.9. The number of carbonyl (C=O) groups is 3. The lowest BCUT2D eigenvalue weighted by Gasteiger charge is -2.33. The number of esters is 1. The third-order valence-corrected chi connectivity index (χ3v) is 5.43. The molecule has 2 aromatic carbocycles. The first-order chi connectivity index (χ1) is 14.0. The maximum absolute atomic E-state index is 12.8. The van der Waals surface area contributed by atoms with E-state index in [9.17, 15) is 14.4 Å². The van der Waals surface area contributed by atoms with E-state index in [1.807, 2.05) is 30.3 Å². The zero-order valence-electron chi connectivity index (χ0n) is 16.2. The standard InChI is InChI=1S/C21H22N2O5S/c1-14(29-15-8-4-3-5-9-15)21(26)27-13-19(24)23-12-18(20(25)22-2)28-17-11-7-6-10-16(17)23/h3-11,14,18H,12-13H2,1-2H3,(H,22,25). The lowest BCUT2D eigenvalue weighted by atomic mass is 10.1. The Hall–Kier alpha value is -3.00. The molecule has 0 spiro atoms. The number of likely N-dealkylation sites (N-methyl/N-ethyl adjacent to an activating group) is 1. The van der Waals surface area contributed by atoms with Gasteiger partial charge in [0.2, 0.25) is 0 Å². The molecule has 0 radical (unpaired) electrons. The molecule has 152 valence electrons. The van der Waals surface area contributed by atoms with E-state index in [0.29, 0.717) is 11.4 Å². The molecule has 0 aliphatic carbocycles. The number of ether oxygens (including phenoxy) is 2. The molecular formula is C21H22N2O5S. The molecule has 8 heteroatoms. The fourth-order valence-electron chi connectivity index (χ4n) is 2.85. The van der Waals surface area contributed by atoms with Gasteiger partial charge in [0.15, 0.2) is 12.7 Å². The number of para-hydroxylation sites is 2. The summed E-state index contributed by atoms with van der Waals surface area (Å²) in [5, 5.41) is 2.07. The van der Waals surface area contributed by atoms with Crippen molar-refractivity contribution in [2.24, 2.45) is 0 Å². The minimum absolute atomic E-state index is 0.0430. The summed E-state index contributed by atoms with van der Waals surface area (Å²) in [5.74, 6) is -0.793. The zero-order chi connectivity index (χ0) is 20.8. The van der Waals surface area contributed by atoms with Crippen LogP contribution in [0.3, 0.4) is 0 Å². The minimum Gasteiger partial charge on any atom is -0.477 e. The van der Waals surface area contributed by atoms with E-state index in [0.717, 1.165) is 4.90 Å². The molecule has 2 unspecified atom stereocenters. The lowest BCUT2D eigenvalue weighted by Crippen LogP contribution is -2.51. The second-order valence-corrected chi connectivity index (χ2v) is 7.79. The highest BCUT2D eigenvalue weighted by Gasteiger charge is 2.33. The predicted molar refractivity (Wildman–Crippen MR) is 110 cm³/mol. The van der Waals surface area contributed by atoms with Crippen LogP contribution in [0.1, 0.15) is 6.92 Å². The van der Waals surface area contributed by atoms with Crippen molar-refractivity contribution in [3.05, 3.63) is 54.6 Å². The van der Waals surface area contributed by atoms with Crippen molar-refractivity contribution in [1.82, 2.24) is 5.32 Å². The van der Waals surface area contributed by atoms with Gasteiger partial charge in [-0.3, -0.25) is 14.4 Å². The van der Waals surface area contributed by atoms with Crippen LogP contribution in [0.15, 0.2) is 59.5 Å². The third kappa shape index (κ3) is 5.08. The molecule has 1 aliphatic heterocycles. The molecule has 1 N–H and O–H groups in total. The summed E-state index contributed by atoms with van der Waals surface area (Å²) in [5.41, 5.74) is 0.542. The molecule has 1 heterocycles. The number of thioether (sulfide) groups is 1. The number of hydrogen-bond donors (Lipinski definition) is 1. The fourth-order valence-corrected chi connectivity index (χ4v) is 3.73. The van der Waals surface area contributed by atoms with E-state index in [1.165, 1.54) is 23.7 Å². The van der Waals surface area contributed by atoms with Crippen LogP contribution < -0.4 is 15.0 Å². The van der Waals surface area contributed by atoms with Crippen LogP contribution in [-0.4, -0.2) is 49.3 Å². The Bertz CT molecular complexity index is 890. The van der Waals surface area contributed by atoms with Crippen LogP contribution in [0.4, 0.5) is 5.69 Å². The summed E-state index contributed by atoms with van der Waals surface area (Å²) in [4.78, 5) is 39.4. The van der Waals surface area contributed by atoms with Gasteiger partial charge in [-0.15, -0.1) is 11.8 Å². The first-order valence-electron chi connectivity index (χ1n) is 9.15. The molecule has 7 nitrogen and oxygen atoms in total. The lowest BCUT2D eigenvalue weighted by molar-refractivity contribution is -0.147. The molecule has 29 heavy (non-hydrogen) atoms. The van der Waals surface area contributed by atoms with Crippen LogP contribution >= 0.6 is 11.8 Å². The van der Waals surface area contributed by atoms with E-state index in [4.69, 9.17) is 9.47 Å². The first-order valence-corrected chi connectivity index (χ1v) is 10.0. The van der Waals surface area contributed by atoms with Crippen molar-refractivity contribution in [2.75, 3.05) is 25.1 Å². The van der Waals surface area contributed by atoms with Gasteiger partial charge in [-0.05, 0) is 31.2 Å². The van der Waals surface area contributed by atoms with Crippen LogP contribution in [0, 0.1) is 0 Å². The Morgan fingerprint density at radius 3 is 2.59 bits per heavy atom. The van der Waals surface area contributed by atoms with Gasteiger partial charge in [-0.1, -0.05) is 30.3 Å². The molecular weight excluding hydrogens is 392 g/mol. The van der Waals surface area contributed by atoms with Crippen molar-refractivity contribution >= 4 is 35.2 Å². The van der Waals surface area contributed by atoms with E-state index < -0.39 is 29.8 Å². The van der Waals surface area contributed by atoms with Crippen molar-refractivity contribution in [3.8, 4) is 5.75 Å². The second-order valence-electron chi connectivity index (χ2n) is 6.37. The predicted octanol–water partition coefficient (Wildman–Crippen LogP) is 2.25. The Balaban J connectivity index is 1.63. The summed E-state index contributed by atoms with van der Waals surface area (Å²) in [7, 11) is 1.51. The quantitative estimate of drug-likeness (QED) is 0.577. The number of carbonyl (C=O) groups excluding carboxylic acids is 3. The Kier molecular flexibility index (Phi) is 6.77. The highest BCUT2D eigenvalue weighted by molar-refractivity contribution is 8.00. The number of hydrogen-bond acceptors (Lipinski definition) is 6. The van der Waals surface area contributed by atoms with E-state index in [1.54, 1.807) is 31.2 Å². The Labute approximate surface area is 173 Å². The van der Waals surface area contributed by atoms with Gasteiger partial charge in [0.1, 0.15) is 11.0 Å². The molecule has 0 aromatic heterocycles. The Morgan fingerprint density at radius 2 is 1.86 bits per heavy atom. The smallest absolute Gasteiger partial charge is 0.319 e. The molecule has 1 aliphatic rings. The monoisotopic (exact) mass is 414 g/mol. The van der Waals surface area contributed by atoms with Crippen molar-refractivity contribution in [1.29, 1.82) is 0 Å². The topological polar surface area (TPSA) is 84.9 Å². The summed E-state index contributed by atoms with van der Waals surface area (Å²) in [6.45, 7) is 1.37. The summed E-state index contributed by atoms with van der Waals surface area (Å²) in [6, 6.07) is 16.4. The van der Waals surface area contributed by atoms with E-state index in [2.05, 4.69) is 5.32 Å². The van der Waals surface area contributed by atoms with Gasteiger partial charge >= 0.3 is 5.97 Å². The number of anilines is 1. The van der Waals surface area contributed by atoms with Crippen molar-refractivity contribution in [2.45, 2.75) is 23.2 Å². The molecule has 2 aromatic rings. The maximum atomic E-state index is 12.8. The average molecular weight is 414 g/mol. The average Bonchev–Trinajstić information content (AvgIpc) is 2.76. The fraction of sp³-hybridized carbons (Fsp3) is 0.286. The van der Waals surface area contributed by atoms with E-state index >= 15 is 0 Å². The largest absolute Gasteiger partial charge is 0.477 e. The van der Waals surface area contributed by atoms with Gasteiger partial charge in [0, 0.05) is 11.9 Å². The van der Waals surface area contributed by atoms with Crippen LogP contribution in [-0.2, 0) is 19.1 Å². The van der Waals surface area contributed by atoms with Crippen molar-refractivity contribution < 1.29 is 23.9 Å². The van der Waals surface area contributed by atoms with Gasteiger partial charge in [-0.25, -0.2) is 0 Å². The Morgan fingerprint density at radius 1 is 1.17 bits per heavy atom. The van der Waals surface area contributed by atoms with Gasteiger partial charge < -0.3 is 19.7 Å². The normalized spacial score (nSPS) is 16.2. The van der Waals surface area contributed by atoms with Crippen LogP contribution in [0.25, 0.3) is 0 Å². The van der Waals surface area contributed by atoms with Gasteiger partial charge in [0.25, 0.3) is 11.8 Å². The minimum atomic E-state index is -0.831. The van der Waals surface area contributed by atoms with Crippen molar-refractivity contribution in [3.63, 3.8) is 0 Å².